The highest BCUT2D eigenvalue weighted by Gasteiger charge is 2.04. The minimum absolute atomic E-state index is 0.297. The molecular weight excluding hydrogens is 202 g/mol. The standard InChI is InChI=1S/C13H11NO2/c1-9-12(3-2-8-14-9)10-4-6-11(7-5-10)13(15)16/h2-8H,1H3,(H,15,16). The summed E-state index contributed by atoms with van der Waals surface area (Å²) >= 11 is 0. The molecule has 0 unspecified atom stereocenters. The van der Waals surface area contributed by atoms with Gasteiger partial charge in [0.15, 0.2) is 0 Å². The summed E-state index contributed by atoms with van der Waals surface area (Å²) < 4.78 is 0. The lowest BCUT2D eigenvalue weighted by Crippen LogP contribution is -1.95. The summed E-state index contributed by atoms with van der Waals surface area (Å²) in [5.74, 6) is -0.908. The second-order valence-electron chi connectivity index (χ2n) is 3.52. The Bertz CT molecular complexity index is 518. The monoisotopic (exact) mass is 213 g/mol. The predicted octanol–water partition coefficient (Wildman–Crippen LogP) is 2.76. The number of aryl methyl sites for hydroxylation is 1. The maximum Gasteiger partial charge on any atom is 0.335 e. The summed E-state index contributed by atoms with van der Waals surface area (Å²) in [7, 11) is 0. The van der Waals surface area contributed by atoms with Gasteiger partial charge in [-0.1, -0.05) is 18.2 Å². The van der Waals surface area contributed by atoms with E-state index < -0.39 is 5.97 Å². The molecule has 1 heterocycles. The smallest absolute Gasteiger partial charge is 0.335 e. The van der Waals surface area contributed by atoms with Crippen LogP contribution in [-0.2, 0) is 0 Å². The van der Waals surface area contributed by atoms with E-state index in [1.165, 1.54) is 0 Å². The lowest BCUT2D eigenvalue weighted by Gasteiger charge is -2.04. The fourth-order valence-electron chi connectivity index (χ4n) is 1.58. The largest absolute Gasteiger partial charge is 0.478 e. The zero-order valence-electron chi connectivity index (χ0n) is 8.84. The van der Waals surface area contributed by atoms with Gasteiger partial charge in [0.1, 0.15) is 0 Å². The van der Waals surface area contributed by atoms with E-state index in [1.807, 2.05) is 19.1 Å². The maximum absolute atomic E-state index is 10.7. The normalized spacial score (nSPS) is 10.1. The van der Waals surface area contributed by atoms with E-state index >= 15 is 0 Å². The first-order valence-electron chi connectivity index (χ1n) is 4.94. The van der Waals surface area contributed by atoms with Crippen LogP contribution in [0.1, 0.15) is 16.1 Å². The third-order valence-electron chi connectivity index (χ3n) is 2.45. The van der Waals surface area contributed by atoms with Gasteiger partial charge in [-0.2, -0.15) is 0 Å². The molecule has 3 heteroatoms. The molecule has 16 heavy (non-hydrogen) atoms. The fourth-order valence-corrected chi connectivity index (χ4v) is 1.58. The van der Waals surface area contributed by atoms with Crippen LogP contribution in [0.25, 0.3) is 11.1 Å². The Balaban J connectivity index is 2.43. The van der Waals surface area contributed by atoms with Gasteiger partial charge in [-0.15, -0.1) is 0 Å². The molecule has 0 aliphatic heterocycles. The highest BCUT2D eigenvalue weighted by Crippen LogP contribution is 2.21. The number of pyridine rings is 1. The summed E-state index contributed by atoms with van der Waals surface area (Å²) in [5, 5.41) is 8.79. The van der Waals surface area contributed by atoms with Gasteiger partial charge in [-0.3, -0.25) is 4.98 Å². The van der Waals surface area contributed by atoms with E-state index in [9.17, 15) is 4.79 Å². The predicted molar refractivity (Wildman–Crippen MR) is 61.4 cm³/mol. The molecular formula is C13H11NO2. The van der Waals surface area contributed by atoms with Gasteiger partial charge >= 0.3 is 5.97 Å². The van der Waals surface area contributed by atoms with Crippen molar-refractivity contribution in [2.75, 3.05) is 0 Å². The Labute approximate surface area is 93.4 Å². The number of benzene rings is 1. The topological polar surface area (TPSA) is 50.2 Å². The van der Waals surface area contributed by atoms with Crippen molar-refractivity contribution in [3.05, 3.63) is 53.9 Å². The van der Waals surface area contributed by atoms with Crippen LogP contribution >= 0.6 is 0 Å². The number of hydrogen-bond donors (Lipinski definition) is 1. The molecule has 0 fully saturated rings. The quantitative estimate of drug-likeness (QED) is 0.834. The lowest BCUT2D eigenvalue weighted by molar-refractivity contribution is 0.0697. The summed E-state index contributed by atoms with van der Waals surface area (Å²) in [5.41, 5.74) is 3.24. The van der Waals surface area contributed by atoms with Crippen LogP contribution in [0, 0.1) is 6.92 Å². The molecule has 0 spiro atoms. The first-order chi connectivity index (χ1) is 7.68. The summed E-state index contributed by atoms with van der Waals surface area (Å²) in [6.07, 6.45) is 1.74. The molecule has 3 nitrogen and oxygen atoms in total. The second kappa shape index (κ2) is 4.14. The maximum atomic E-state index is 10.7. The van der Waals surface area contributed by atoms with E-state index in [2.05, 4.69) is 4.98 Å². The summed E-state index contributed by atoms with van der Waals surface area (Å²) in [6.45, 7) is 1.93. The SMILES string of the molecule is Cc1ncccc1-c1ccc(C(=O)O)cc1. The molecule has 0 atom stereocenters. The number of aromatic nitrogens is 1. The molecule has 0 saturated heterocycles. The molecule has 1 aromatic heterocycles. The highest BCUT2D eigenvalue weighted by molar-refractivity contribution is 5.88. The zero-order chi connectivity index (χ0) is 11.5. The number of carbonyl (C=O) groups is 1. The average Bonchev–Trinajstić information content (AvgIpc) is 2.30. The van der Waals surface area contributed by atoms with Gasteiger partial charge in [0.25, 0.3) is 0 Å². The molecule has 0 radical (unpaired) electrons. The Morgan fingerprint density at radius 2 is 1.88 bits per heavy atom. The average molecular weight is 213 g/mol. The second-order valence-corrected chi connectivity index (χ2v) is 3.52. The van der Waals surface area contributed by atoms with Gasteiger partial charge in [0, 0.05) is 17.5 Å². The number of rotatable bonds is 2. The van der Waals surface area contributed by atoms with Crippen molar-refractivity contribution in [2.45, 2.75) is 6.92 Å². The van der Waals surface area contributed by atoms with Crippen LogP contribution in [0.5, 0.6) is 0 Å². The Morgan fingerprint density at radius 3 is 2.44 bits per heavy atom. The van der Waals surface area contributed by atoms with E-state index in [1.54, 1.807) is 30.5 Å². The van der Waals surface area contributed by atoms with E-state index in [0.717, 1.165) is 16.8 Å². The molecule has 2 rings (SSSR count). The number of carboxylic acid groups (broad SMARTS) is 1. The summed E-state index contributed by atoms with van der Waals surface area (Å²) in [6, 6.07) is 10.6. The zero-order valence-corrected chi connectivity index (χ0v) is 8.84. The van der Waals surface area contributed by atoms with Crippen molar-refractivity contribution in [3.63, 3.8) is 0 Å². The van der Waals surface area contributed by atoms with Gasteiger partial charge < -0.3 is 5.11 Å². The Hall–Kier alpha value is -2.16. The van der Waals surface area contributed by atoms with Gasteiger partial charge in [0.2, 0.25) is 0 Å². The van der Waals surface area contributed by atoms with E-state index in [4.69, 9.17) is 5.11 Å². The molecule has 1 aromatic carbocycles. The van der Waals surface area contributed by atoms with Crippen LogP contribution in [0.2, 0.25) is 0 Å². The van der Waals surface area contributed by atoms with Crippen molar-refractivity contribution in [2.24, 2.45) is 0 Å². The lowest BCUT2D eigenvalue weighted by atomic mass is 10.0. The van der Waals surface area contributed by atoms with E-state index in [-0.39, 0.29) is 0 Å². The molecule has 0 amide bonds. The molecule has 0 saturated carbocycles. The Kier molecular flexibility index (Phi) is 2.68. The molecule has 80 valence electrons. The third kappa shape index (κ3) is 1.93. The van der Waals surface area contributed by atoms with Crippen molar-refractivity contribution < 1.29 is 9.90 Å². The van der Waals surface area contributed by atoms with Crippen LogP contribution < -0.4 is 0 Å². The molecule has 2 aromatic rings. The Morgan fingerprint density at radius 1 is 1.19 bits per heavy atom. The van der Waals surface area contributed by atoms with Crippen molar-refractivity contribution in [1.29, 1.82) is 0 Å². The van der Waals surface area contributed by atoms with Gasteiger partial charge in [0.05, 0.1) is 5.56 Å². The number of nitrogens with zero attached hydrogens (tertiary/aromatic N) is 1. The van der Waals surface area contributed by atoms with Crippen molar-refractivity contribution in [3.8, 4) is 11.1 Å². The molecule has 1 N–H and O–H groups in total. The highest BCUT2D eigenvalue weighted by atomic mass is 16.4. The van der Waals surface area contributed by atoms with Crippen LogP contribution in [0.3, 0.4) is 0 Å². The van der Waals surface area contributed by atoms with Gasteiger partial charge in [-0.25, -0.2) is 4.79 Å². The van der Waals surface area contributed by atoms with Gasteiger partial charge in [-0.05, 0) is 30.7 Å². The van der Waals surface area contributed by atoms with Crippen LogP contribution in [0.4, 0.5) is 0 Å². The van der Waals surface area contributed by atoms with Crippen LogP contribution in [0.15, 0.2) is 42.6 Å². The minimum atomic E-state index is -0.908. The van der Waals surface area contributed by atoms with Crippen LogP contribution in [-0.4, -0.2) is 16.1 Å². The number of carboxylic acids is 1. The molecule has 0 aliphatic carbocycles. The third-order valence-corrected chi connectivity index (χ3v) is 2.45. The first-order valence-corrected chi connectivity index (χ1v) is 4.94. The molecule has 0 bridgehead atoms. The van der Waals surface area contributed by atoms with Crippen molar-refractivity contribution >= 4 is 5.97 Å². The molecule has 0 aliphatic rings. The number of hydrogen-bond acceptors (Lipinski definition) is 2. The minimum Gasteiger partial charge on any atom is -0.478 e. The fraction of sp³-hybridized carbons (Fsp3) is 0.0769. The van der Waals surface area contributed by atoms with E-state index in [0.29, 0.717) is 5.56 Å². The summed E-state index contributed by atoms with van der Waals surface area (Å²) in [4.78, 5) is 14.9. The van der Waals surface area contributed by atoms with Crippen molar-refractivity contribution in [1.82, 2.24) is 4.98 Å². The first kappa shape index (κ1) is 10.4. The number of aromatic carboxylic acids is 1.